The molecule has 1 saturated heterocycles. The highest BCUT2D eigenvalue weighted by Gasteiger charge is 2.35. The van der Waals surface area contributed by atoms with Gasteiger partial charge >= 0.3 is 0 Å². The first kappa shape index (κ1) is 23.4. The van der Waals surface area contributed by atoms with Crippen LogP contribution in [0, 0.1) is 5.92 Å². The second-order valence-corrected chi connectivity index (χ2v) is 6.21. The molecule has 2 aromatic rings. The molecule has 1 N–H and O–H groups in total. The molecular weight excluding hydrogens is 348 g/mol. The van der Waals surface area contributed by atoms with Crippen LogP contribution in [0.2, 0.25) is 0 Å². The number of nitrogens with zero attached hydrogens (tertiary/aromatic N) is 1. The standard InChI is InChI=1S/C20H22N2O2.2C2H6/c1-15-18(19(23)21-17-11-6-3-7-12-17)13-8-14-22(15)20(24)16-9-4-2-5-10-16;2*1-2/h2-7,9-12,15,18H,8,13-14H2,1H3,(H,21,23);2*1-2H3/t15-,18-;;/m0../s1. The van der Waals surface area contributed by atoms with Crippen LogP contribution in [0.25, 0.3) is 0 Å². The van der Waals surface area contributed by atoms with Crippen LogP contribution in [-0.2, 0) is 4.79 Å². The summed E-state index contributed by atoms with van der Waals surface area (Å²) in [5.41, 5.74) is 1.47. The summed E-state index contributed by atoms with van der Waals surface area (Å²) in [4.78, 5) is 27.2. The molecule has 0 bridgehead atoms. The van der Waals surface area contributed by atoms with Gasteiger partial charge in [-0.1, -0.05) is 64.1 Å². The summed E-state index contributed by atoms with van der Waals surface area (Å²) >= 11 is 0. The molecule has 4 heteroatoms. The Morgan fingerprint density at radius 1 is 0.893 bits per heavy atom. The lowest BCUT2D eigenvalue weighted by atomic mass is 9.88. The maximum Gasteiger partial charge on any atom is 0.254 e. The zero-order chi connectivity index (χ0) is 20.9. The third-order valence-electron chi connectivity index (χ3n) is 4.65. The van der Waals surface area contributed by atoms with Gasteiger partial charge in [-0.15, -0.1) is 0 Å². The second-order valence-electron chi connectivity index (χ2n) is 6.21. The maximum absolute atomic E-state index is 12.7. The lowest BCUT2D eigenvalue weighted by Crippen LogP contribution is -2.50. The van der Waals surface area contributed by atoms with Crippen LogP contribution in [0.5, 0.6) is 0 Å². The molecular formula is C24H34N2O2. The number of amides is 2. The molecule has 4 nitrogen and oxygen atoms in total. The number of likely N-dealkylation sites (tertiary alicyclic amines) is 1. The quantitative estimate of drug-likeness (QED) is 0.749. The van der Waals surface area contributed by atoms with Crippen LogP contribution in [-0.4, -0.2) is 29.3 Å². The molecule has 28 heavy (non-hydrogen) atoms. The van der Waals surface area contributed by atoms with E-state index >= 15 is 0 Å². The maximum atomic E-state index is 12.7. The van der Waals surface area contributed by atoms with Gasteiger partial charge in [0.05, 0.1) is 5.92 Å². The highest BCUT2D eigenvalue weighted by atomic mass is 16.2. The summed E-state index contributed by atoms with van der Waals surface area (Å²) < 4.78 is 0. The van der Waals surface area contributed by atoms with Crippen LogP contribution < -0.4 is 5.32 Å². The minimum absolute atomic E-state index is 0.000288. The van der Waals surface area contributed by atoms with E-state index in [1.807, 2.05) is 100 Å². The van der Waals surface area contributed by atoms with Gasteiger partial charge in [0.25, 0.3) is 5.91 Å². The number of para-hydroxylation sites is 1. The predicted molar refractivity (Wildman–Crippen MR) is 117 cm³/mol. The van der Waals surface area contributed by atoms with Gasteiger partial charge in [0.2, 0.25) is 5.91 Å². The van der Waals surface area contributed by atoms with Crippen LogP contribution in [0.3, 0.4) is 0 Å². The van der Waals surface area contributed by atoms with E-state index < -0.39 is 0 Å². The minimum atomic E-state index is -0.188. The van der Waals surface area contributed by atoms with E-state index in [-0.39, 0.29) is 23.8 Å². The molecule has 0 aliphatic carbocycles. The van der Waals surface area contributed by atoms with Gasteiger partial charge < -0.3 is 10.2 Å². The smallest absolute Gasteiger partial charge is 0.254 e. The van der Waals surface area contributed by atoms with E-state index in [4.69, 9.17) is 0 Å². The average Bonchev–Trinajstić information content (AvgIpc) is 2.77. The molecule has 0 radical (unpaired) electrons. The van der Waals surface area contributed by atoms with Crippen molar-refractivity contribution in [3.05, 3.63) is 66.2 Å². The largest absolute Gasteiger partial charge is 0.335 e. The van der Waals surface area contributed by atoms with Crippen molar-refractivity contribution in [2.24, 2.45) is 5.92 Å². The third-order valence-corrected chi connectivity index (χ3v) is 4.65. The Bertz CT molecular complexity index is 701. The van der Waals surface area contributed by atoms with Gasteiger partial charge in [-0.25, -0.2) is 0 Å². The minimum Gasteiger partial charge on any atom is -0.335 e. The molecule has 2 amide bonds. The van der Waals surface area contributed by atoms with Crippen molar-refractivity contribution in [2.45, 2.75) is 53.5 Å². The lowest BCUT2D eigenvalue weighted by Gasteiger charge is -2.38. The SMILES string of the molecule is CC.CC.C[C@H]1[C@@H](C(=O)Nc2ccccc2)CCCN1C(=O)c1ccccc1. The van der Waals surface area contributed by atoms with Crippen LogP contribution in [0.1, 0.15) is 57.8 Å². The molecule has 0 unspecified atom stereocenters. The number of carbonyl (C=O) groups is 2. The van der Waals surface area contributed by atoms with E-state index in [0.29, 0.717) is 12.1 Å². The van der Waals surface area contributed by atoms with Gasteiger partial charge in [0.15, 0.2) is 0 Å². The van der Waals surface area contributed by atoms with E-state index in [0.717, 1.165) is 18.5 Å². The summed E-state index contributed by atoms with van der Waals surface area (Å²) in [6, 6.07) is 18.6. The highest BCUT2D eigenvalue weighted by Crippen LogP contribution is 2.26. The molecule has 0 saturated carbocycles. The number of hydrogen-bond acceptors (Lipinski definition) is 2. The number of nitrogens with one attached hydrogen (secondary N) is 1. The first-order valence-corrected chi connectivity index (χ1v) is 10.4. The van der Waals surface area contributed by atoms with Crippen molar-refractivity contribution >= 4 is 17.5 Å². The Morgan fingerprint density at radius 3 is 2.00 bits per heavy atom. The van der Waals surface area contributed by atoms with E-state index in [9.17, 15) is 9.59 Å². The van der Waals surface area contributed by atoms with Crippen LogP contribution >= 0.6 is 0 Å². The second kappa shape index (κ2) is 12.7. The van der Waals surface area contributed by atoms with Crippen LogP contribution in [0.4, 0.5) is 5.69 Å². The van der Waals surface area contributed by atoms with Crippen molar-refractivity contribution in [3.8, 4) is 0 Å². The van der Waals surface area contributed by atoms with Gasteiger partial charge in [0.1, 0.15) is 0 Å². The first-order chi connectivity index (χ1) is 13.7. The number of benzene rings is 2. The average molecular weight is 383 g/mol. The normalized spacial score (nSPS) is 18.0. The Kier molecular flexibility index (Phi) is 10.6. The molecule has 152 valence electrons. The van der Waals surface area contributed by atoms with E-state index in [2.05, 4.69) is 5.32 Å². The van der Waals surface area contributed by atoms with Crippen LogP contribution in [0.15, 0.2) is 60.7 Å². The van der Waals surface area contributed by atoms with Gasteiger partial charge in [-0.3, -0.25) is 9.59 Å². The Balaban J connectivity index is 0.000000921. The molecule has 1 aliphatic rings. The Morgan fingerprint density at radius 2 is 1.43 bits per heavy atom. The topological polar surface area (TPSA) is 49.4 Å². The van der Waals surface area contributed by atoms with Crippen molar-refractivity contribution in [1.82, 2.24) is 4.90 Å². The lowest BCUT2D eigenvalue weighted by molar-refractivity contribution is -0.122. The van der Waals surface area contributed by atoms with Gasteiger partial charge in [0, 0.05) is 23.8 Å². The van der Waals surface area contributed by atoms with Crippen molar-refractivity contribution in [1.29, 1.82) is 0 Å². The molecule has 1 aliphatic heterocycles. The van der Waals surface area contributed by atoms with Crippen molar-refractivity contribution in [3.63, 3.8) is 0 Å². The molecule has 1 fully saturated rings. The molecule has 0 aromatic heterocycles. The number of anilines is 1. The third kappa shape index (κ3) is 6.22. The van der Waals surface area contributed by atoms with Crippen molar-refractivity contribution < 1.29 is 9.59 Å². The summed E-state index contributed by atoms with van der Waals surface area (Å²) in [6.45, 7) is 10.7. The van der Waals surface area contributed by atoms with E-state index in [1.165, 1.54) is 0 Å². The predicted octanol–water partition coefficient (Wildman–Crippen LogP) is 5.62. The van der Waals surface area contributed by atoms with E-state index in [1.54, 1.807) is 0 Å². The summed E-state index contributed by atoms with van der Waals surface area (Å²) in [7, 11) is 0. The zero-order valence-corrected chi connectivity index (χ0v) is 17.8. The van der Waals surface area contributed by atoms with Gasteiger partial charge in [-0.2, -0.15) is 0 Å². The molecule has 3 rings (SSSR count). The highest BCUT2D eigenvalue weighted by molar-refractivity contribution is 5.96. The summed E-state index contributed by atoms with van der Waals surface area (Å²) in [5, 5.41) is 2.96. The van der Waals surface area contributed by atoms with Gasteiger partial charge in [-0.05, 0) is 44.0 Å². The fourth-order valence-corrected chi connectivity index (χ4v) is 3.28. The fraction of sp³-hybridized carbons (Fsp3) is 0.417. The number of rotatable bonds is 3. The zero-order valence-electron chi connectivity index (χ0n) is 17.8. The number of hydrogen-bond donors (Lipinski definition) is 1. The molecule has 2 aromatic carbocycles. The summed E-state index contributed by atoms with van der Waals surface area (Å²) in [5.74, 6) is -0.203. The fourth-order valence-electron chi connectivity index (χ4n) is 3.28. The molecule has 2 atom stereocenters. The molecule has 1 heterocycles. The number of carbonyl (C=O) groups excluding carboxylic acids is 2. The molecule has 0 spiro atoms. The monoisotopic (exact) mass is 382 g/mol. The Labute approximate surface area is 170 Å². The Hall–Kier alpha value is -2.62. The van der Waals surface area contributed by atoms with Crippen molar-refractivity contribution in [2.75, 3.05) is 11.9 Å². The summed E-state index contributed by atoms with van der Waals surface area (Å²) in [6.07, 6.45) is 1.65. The number of piperidine rings is 1. The first-order valence-electron chi connectivity index (χ1n) is 10.4.